The molecule has 0 aromatic carbocycles. The number of nitrogens with zero attached hydrogens (tertiary/aromatic N) is 2. The fourth-order valence-corrected chi connectivity index (χ4v) is 2.85. The molecule has 21 heavy (non-hydrogen) atoms. The van der Waals surface area contributed by atoms with Gasteiger partial charge in [0.05, 0.1) is 12.8 Å². The average Bonchev–Trinajstić information content (AvgIpc) is 3.02. The van der Waals surface area contributed by atoms with Gasteiger partial charge in [-0.2, -0.15) is 0 Å². The molecule has 0 atom stereocenters. The molecule has 1 aliphatic heterocycles. The predicted molar refractivity (Wildman–Crippen MR) is 80.6 cm³/mol. The molecule has 0 N–H and O–H groups in total. The summed E-state index contributed by atoms with van der Waals surface area (Å²) in [5.41, 5.74) is 1.25. The van der Waals surface area contributed by atoms with Crippen LogP contribution in [-0.2, 0) is 17.8 Å². The fourth-order valence-electron chi connectivity index (χ4n) is 2.85. The van der Waals surface area contributed by atoms with E-state index in [-0.39, 0.29) is 0 Å². The van der Waals surface area contributed by atoms with Gasteiger partial charge in [0.1, 0.15) is 5.76 Å². The van der Waals surface area contributed by atoms with Crippen LogP contribution < -0.4 is 0 Å². The van der Waals surface area contributed by atoms with Crippen LogP contribution in [0.25, 0.3) is 0 Å². The van der Waals surface area contributed by atoms with Gasteiger partial charge in [0.15, 0.2) is 0 Å². The highest BCUT2D eigenvalue weighted by Crippen LogP contribution is 2.19. The Morgan fingerprint density at radius 3 is 2.76 bits per heavy atom. The Labute approximate surface area is 125 Å². The van der Waals surface area contributed by atoms with Crippen LogP contribution in [0.5, 0.6) is 0 Å². The number of pyridine rings is 1. The summed E-state index contributed by atoms with van der Waals surface area (Å²) >= 11 is 0. The zero-order valence-electron chi connectivity index (χ0n) is 12.3. The fraction of sp³-hybridized carbons (Fsp3) is 0.471. The van der Waals surface area contributed by atoms with E-state index in [0.717, 1.165) is 51.4 Å². The Kier molecular flexibility index (Phi) is 5.03. The number of rotatable bonds is 6. The minimum Gasteiger partial charge on any atom is -0.468 e. The molecule has 0 bridgehead atoms. The van der Waals surface area contributed by atoms with Gasteiger partial charge in [-0.1, -0.05) is 6.07 Å². The van der Waals surface area contributed by atoms with Gasteiger partial charge in [-0.15, -0.1) is 0 Å². The third kappa shape index (κ3) is 4.41. The molecule has 2 aromatic rings. The first-order valence-electron chi connectivity index (χ1n) is 7.61. The molecule has 4 nitrogen and oxygen atoms in total. The maximum atomic E-state index is 5.51. The summed E-state index contributed by atoms with van der Waals surface area (Å²) in [6, 6.07) is 8.12. The normalized spacial score (nSPS) is 16.4. The summed E-state index contributed by atoms with van der Waals surface area (Å²) in [6.07, 6.45) is 7.81. The third-order valence-corrected chi connectivity index (χ3v) is 3.95. The first kappa shape index (κ1) is 14.3. The first-order valence-corrected chi connectivity index (χ1v) is 7.61. The van der Waals surface area contributed by atoms with Crippen LogP contribution in [0.4, 0.5) is 0 Å². The van der Waals surface area contributed by atoms with Crippen LogP contribution in [-0.4, -0.2) is 29.6 Å². The van der Waals surface area contributed by atoms with E-state index in [1.54, 1.807) is 6.26 Å². The summed E-state index contributed by atoms with van der Waals surface area (Å²) in [4.78, 5) is 6.66. The molecule has 4 heteroatoms. The lowest BCUT2D eigenvalue weighted by atomic mass is 9.99. The van der Waals surface area contributed by atoms with Crippen molar-refractivity contribution in [3.8, 4) is 0 Å². The highest BCUT2D eigenvalue weighted by molar-refractivity contribution is 5.08. The monoisotopic (exact) mass is 286 g/mol. The highest BCUT2D eigenvalue weighted by atomic mass is 16.5. The second-order valence-electron chi connectivity index (χ2n) is 5.67. The maximum Gasteiger partial charge on any atom is 0.117 e. The Bertz CT molecular complexity index is 507. The summed E-state index contributed by atoms with van der Waals surface area (Å²) in [7, 11) is 0. The van der Waals surface area contributed by atoms with Crippen molar-refractivity contribution in [1.82, 2.24) is 9.88 Å². The zero-order valence-corrected chi connectivity index (χ0v) is 12.3. The molecule has 0 radical (unpaired) electrons. The summed E-state index contributed by atoms with van der Waals surface area (Å²) in [5.74, 6) is 1.73. The van der Waals surface area contributed by atoms with E-state index in [1.807, 2.05) is 30.6 Å². The molecule has 0 unspecified atom stereocenters. The van der Waals surface area contributed by atoms with Gasteiger partial charge in [-0.25, -0.2) is 0 Å². The first-order chi connectivity index (χ1) is 10.4. The Hall–Kier alpha value is -1.65. The van der Waals surface area contributed by atoms with Gasteiger partial charge in [-0.3, -0.25) is 9.88 Å². The average molecular weight is 286 g/mol. The molecule has 3 heterocycles. The molecule has 2 aromatic heterocycles. The second kappa shape index (κ2) is 7.38. The standard InChI is InChI=1S/C17H22N2O2/c1-3-16(11-18-7-1)13-19(14-17-4-2-8-21-17)12-15-5-9-20-10-6-15/h1-4,7-8,11,15H,5-6,9-10,12-14H2. The van der Waals surface area contributed by atoms with Crippen molar-refractivity contribution < 1.29 is 9.15 Å². The van der Waals surface area contributed by atoms with Crippen LogP contribution in [0.15, 0.2) is 47.3 Å². The number of hydrogen-bond donors (Lipinski definition) is 0. The van der Waals surface area contributed by atoms with Gasteiger partial charge in [0.2, 0.25) is 0 Å². The van der Waals surface area contributed by atoms with Crippen LogP contribution in [0, 0.1) is 5.92 Å². The van der Waals surface area contributed by atoms with Gasteiger partial charge in [0.25, 0.3) is 0 Å². The SMILES string of the molecule is c1cncc(CN(Cc2ccco2)CC2CCOCC2)c1. The van der Waals surface area contributed by atoms with Crippen molar-refractivity contribution in [2.24, 2.45) is 5.92 Å². The number of furan rings is 1. The van der Waals surface area contributed by atoms with Crippen LogP contribution in [0.2, 0.25) is 0 Å². The third-order valence-electron chi connectivity index (χ3n) is 3.95. The summed E-state index contributed by atoms with van der Waals surface area (Å²) in [6.45, 7) is 4.63. The molecule has 112 valence electrons. The lowest BCUT2D eigenvalue weighted by Gasteiger charge is -2.29. The van der Waals surface area contributed by atoms with E-state index >= 15 is 0 Å². The van der Waals surface area contributed by atoms with Crippen LogP contribution in [0.3, 0.4) is 0 Å². The Morgan fingerprint density at radius 1 is 1.14 bits per heavy atom. The number of ether oxygens (including phenoxy) is 1. The molecule has 3 rings (SSSR count). The molecular formula is C17H22N2O2. The van der Waals surface area contributed by atoms with E-state index in [1.165, 1.54) is 5.56 Å². The predicted octanol–water partition coefficient (Wildman–Crippen LogP) is 3.10. The van der Waals surface area contributed by atoms with Crippen LogP contribution >= 0.6 is 0 Å². The smallest absolute Gasteiger partial charge is 0.117 e. The molecule has 0 saturated carbocycles. The molecule has 0 aliphatic carbocycles. The van der Waals surface area contributed by atoms with Crippen molar-refractivity contribution in [3.05, 3.63) is 54.2 Å². The van der Waals surface area contributed by atoms with Crippen molar-refractivity contribution in [3.63, 3.8) is 0 Å². The largest absolute Gasteiger partial charge is 0.468 e. The van der Waals surface area contributed by atoms with E-state index in [2.05, 4.69) is 16.0 Å². The lowest BCUT2D eigenvalue weighted by Crippen LogP contribution is -2.31. The summed E-state index contributed by atoms with van der Waals surface area (Å²) in [5, 5.41) is 0. The minimum absolute atomic E-state index is 0.713. The topological polar surface area (TPSA) is 38.5 Å². The molecule has 1 saturated heterocycles. The molecular weight excluding hydrogens is 264 g/mol. The molecule has 0 spiro atoms. The van der Waals surface area contributed by atoms with Gasteiger partial charge in [-0.05, 0) is 42.5 Å². The van der Waals surface area contributed by atoms with Crippen LogP contribution in [0.1, 0.15) is 24.2 Å². The zero-order chi connectivity index (χ0) is 14.3. The van der Waals surface area contributed by atoms with Crippen molar-refractivity contribution in [1.29, 1.82) is 0 Å². The van der Waals surface area contributed by atoms with E-state index in [9.17, 15) is 0 Å². The van der Waals surface area contributed by atoms with Gasteiger partial charge in [0, 0.05) is 38.7 Å². The maximum absolute atomic E-state index is 5.51. The van der Waals surface area contributed by atoms with E-state index in [0.29, 0.717) is 5.92 Å². The molecule has 1 aliphatic rings. The van der Waals surface area contributed by atoms with Crippen molar-refractivity contribution >= 4 is 0 Å². The quantitative estimate of drug-likeness (QED) is 0.818. The molecule has 1 fully saturated rings. The number of hydrogen-bond acceptors (Lipinski definition) is 4. The minimum atomic E-state index is 0.713. The number of aromatic nitrogens is 1. The second-order valence-corrected chi connectivity index (χ2v) is 5.67. The van der Waals surface area contributed by atoms with E-state index < -0.39 is 0 Å². The van der Waals surface area contributed by atoms with Gasteiger partial charge >= 0.3 is 0 Å². The molecule has 0 amide bonds. The van der Waals surface area contributed by atoms with E-state index in [4.69, 9.17) is 9.15 Å². The lowest BCUT2D eigenvalue weighted by molar-refractivity contribution is 0.0491. The van der Waals surface area contributed by atoms with Gasteiger partial charge < -0.3 is 9.15 Å². The Morgan fingerprint density at radius 2 is 2.05 bits per heavy atom. The summed E-state index contributed by atoms with van der Waals surface area (Å²) < 4.78 is 11.0. The van der Waals surface area contributed by atoms with Crippen molar-refractivity contribution in [2.75, 3.05) is 19.8 Å². The Balaban J connectivity index is 1.64. The highest BCUT2D eigenvalue weighted by Gasteiger charge is 2.18. The van der Waals surface area contributed by atoms with Crippen molar-refractivity contribution in [2.45, 2.75) is 25.9 Å².